The van der Waals surface area contributed by atoms with Crippen molar-refractivity contribution in [3.05, 3.63) is 56.9 Å². The van der Waals surface area contributed by atoms with E-state index < -0.39 is 27.3 Å². The molecule has 0 amide bonds. The number of aliphatic hydroxyl groups excluding tert-OH is 1. The van der Waals surface area contributed by atoms with Crippen molar-refractivity contribution < 1.29 is 22.4 Å². The molecule has 0 fully saturated rings. The van der Waals surface area contributed by atoms with Gasteiger partial charge in [-0.15, -0.1) is 0 Å². The Bertz CT molecular complexity index is 1080. The minimum absolute atomic E-state index is 0.124. The van der Waals surface area contributed by atoms with E-state index in [0.29, 0.717) is 22.4 Å². The van der Waals surface area contributed by atoms with Crippen LogP contribution in [-0.2, 0) is 16.6 Å². The Kier molecular flexibility index (Phi) is 5.31. The van der Waals surface area contributed by atoms with Gasteiger partial charge in [-0.25, -0.2) is 17.9 Å². The van der Waals surface area contributed by atoms with Crippen LogP contribution in [0.1, 0.15) is 5.76 Å². The molecule has 1 aromatic heterocycles. The van der Waals surface area contributed by atoms with Crippen LogP contribution in [0.4, 0.5) is 4.39 Å². The van der Waals surface area contributed by atoms with Gasteiger partial charge in [-0.1, -0.05) is 43.1 Å². The molecule has 3 N–H and O–H groups in total. The van der Waals surface area contributed by atoms with E-state index in [4.69, 9.17) is 9.66 Å². The predicted molar refractivity (Wildman–Crippen MR) is 100 cm³/mol. The number of primary sulfonamides is 1. The lowest BCUT2D eigenvalue weighted by Gasteiger charge is -2.07. The van der Waals surface area contributed by atoms with Gasteiger partial charge in [0.1, 0.15) is 23.0 Å². The molecule has 0 aliphatic carbocycles. The number of aliphatic hydroxyl groups is 1. The van der Waals surface area contributed by atoms with Crippen molar-refractivity contribution in [2.45, 2.75) is 11.5 Å². The summed E-state index contributed by atoms with van der Waals surface area (Å²) < 4.78 is 43.8. The number of benzene rings is 2. The lowest BCUT2D eigenvalue weighted by molar-refractivity contribution is 0.230. The highest BCUT2D eigenvalue weighted by Crippen LogP contribution is 2.37. The molecule has 1 heterocycles. The summed E-state index contributed by atoms with van der Waals surface area (Å²) in [6, 6.07) is 8.85. The van der Waals surface area contributed by atoms with Crippen molar-refractivity contribution in [1.29, 1.82) is 0 Å². The molecule has 10 heteroatoms. The second-order valence-corrected chi connectivity index (χ2v) is 8.70. The Hall–Kier alpha value is -1.59. The van der Waals surface area contributed by atoms with Crippen LogP contribution in [0.25, 0.3) is 22.4 Å². The number of nitrogens with zero attached hydrogens (tertiary/aromatic N) is 1. The number of rotatable bonds is 4. The van der Waals surface area contributed by atoms with Crippen LogP contribution < -0.4 is 5.14 Å². The summed E-state index contributed by atoms with van der Waals surface area (Å²) in [5, 5.41) is 18.5. The Morgan fingerprint density at radius 2 is 1.77 bits per heavy atom. The monoisotopic (exact) mass is 504 g/mol. The molecule has 2 aromatic carbocycles. The zero-order valence-corrected chi connectivity index (χ0v) is 16.9. The minimum atomic E-state index is -4.18. The van der Waals surface area contributed by atoms with Gasteiger partial charge in [0.2, 0.25) is 10.0 Å². The Labute approximate surface area is 165 Å². The van der Waals surface area contributed by atoms with E-state index in [-0.39, 0.29) is 5.76 Å². The lowest BCUT2D eigenvalue weighted by Crippen LogP contribution is -2.14. The predicted octanol–water partition coefficient (Wildman–Crippen LogP) is 3.81. The third-order valence-electron chi connectivity index (χ3n) is 3.57. The fourth-order valence-corrected chi connectivity index (χ4v) is 4.39. The molecule has 0 aliphatic heterocycles. The molecule has 0 unspecified atom stereocenters. The summed E-state index contributed by atoms with van der Waals surface area (Å²) in [5.41, 5.74) is 1.68. The zero-order valence-electron chi connectivity index (χ0n) is 12.9. The molecule has 0 saturated carbocycles. The lowest BCUT2D eigenvalue weighted by atomic mass is 9.99. The average molecular weight is 506 g/mol. The number of aromatic nitrogens is 1. The molecular weight excluding hydrogens is 495 g/mol. The van der Waals surface area contributed by atoms with E-state index in [1.54, 1.807) is 12.1 Å². The fraction of sp³-hybridized carbons (Fsp3) is 0.0625. The summed E-state index contributed by atoms with van der Waals surface area (Å²) >= 11 is 6.76. The largest absolute Gasteiger partial charge is 0.388 e. The van der Waals surface area contributed by atoms with Gasteiger partial charge in [0.25, 0.3) is 0 Å². The van der Waals surface area contributed by atoms with Crippen molar-refractivity contribution in [3.8, 4) is 22.4 Å². The number of sulfonamides is 1. The first kappa shape index (κ1) is 19.2. The summed E-state index contributed by atoms with van der Waals surface area (Å²) in [4.78, 5) is -0.616. The van der Waals surface area contributed by atoms with Crippen molar-refractivity contribution in [2.24, 2.45) is 5.14 Å². The maximum atomic E-state index is 14.2. The summed E-state index contributed by atoms with van der Waals surface area (Å²) in [6.45, 7) is -0.462. The fourth-order valence-electron chi connectivity index (χ4n) is 2.50. The van der Waals surface area contributed by atoms with Gasteiger partial charge >= 0.3 is 0 Å². The van der Waals surface area contributed by atoms with Gasteiger partial charge in [-0.05, 0) is 35.9 Å². The van der Waals surface area contributed by atoms with Gasteiger partial charge in [0.05, 0.1) is 5.56 Å². The summed E-state index contributed by atoms with van der Waals surface area (Å²) in [5.74, 6) is -0.879. The van der Waals surface area contributed by atoms with Crippen molar-refractivity contribution in [3.63, 3.8) is 0 Å². The van der Waals surface area contributed by atoms with Crippen LogP contribution in [0, 0.1) is 5.82 Å². The molecule has 6 nitrogen and oxygen atoms in total. The Balaban J connectivity index is 2.22. The quantitative estimate of drug-likeness (QED) is 0.560. The van der Waals surface area contributed by atoms with Gasteiger partial charge in [0, 0.05) is 14.5 Å². The van der Waals surface area contributed by atoms with Crippen molar-refractivity contribution in [2.75, 3.05) is 0 Å². The van der Waals surface area contributed by atoms with Crippen LogP contribution in [0.5, 0.6) is 0 Å². The molecule has 3 rings (SSSR count). The summed E-state index contributed by atoms with van der Waals surface area (Å²) in [6.07, 6.45) is 0. The normalized spacial score (nSPS) is 11.7. The van der Waals surface area contributed by atoms with E-state index in [0.717, 1.165) is 21.1 Å². The van der Waals surface area contributed by atoms with Crippen LogP contribution in [-0.4, -0.2) is 18.7 Å². The first-order valence-corrected chi connectivity index (χ1v) is 10.2. The Morgan fingerprint density at radius 3 is 2.31 bits per heavy atom. The van der Waals surface area contributed by atoms with E-state index in [2.05, 4.69) is 37.0 Å². The second kappa shape index (κ2) is 7.20. The van der Waals surface area contributed by atoms with Gasteiger partial charge in [0.15, 0.2) is 5.76 Å². The topological polar surface area (TPSA) is 106 Å². The molecule has 0 bridgehead atoms. The standard InChI is InChI=1S/C16H11Br2FN2O4S/c17-10-3-9(4-11(18)6-10)16-15(13(7-22)25-21-16)8-1-2-14(12(19)5-8)26(20,23)24/h1-6,22H,7H2,(H2,20,23,24). The first-order valence-electron chi connectivity index (χ1n) is 7.09. The highest BCUT2D eigenvalue weighted by molar-refractivity contribution is 9.11. The minimum Gasteiger partial charge on any atom is -0.388 e. The third kappa shape index (κ3) is 3.74. The van der Waals surface area contributed by atoms with Crippen LogP contribution in [0.2, 0.25) is 0 Å². The second-order valence-electron chi connectivity index (χ2n) is 5.34. The van der Waals surface area contributed by atoms with Gasteiger partial charge in [-0.3, -0.25) is 0 Å². The number of hydrogen-bond acceptors (Lipinski definition) is 5. The highest BCUT2D eigenvalue weighted by Gasteiger charge is 2.22. The molecular formula is C16H11Br2FN2O4S. The smallest absolute Gasteiger partial charge is 0.240 e. The molecule has 0 atom stereocenters. The van der Waals surface area contributed by atoms with Crippen LogP contribution in [0.3, 0.4) is 0 Å². The van der Waals surface area contributed by atoms with E-state index >= 15 is 0 Å². The van der Waals surface area contributed by atoms with Crippen molar-refractivity contribution in [1.82, 2.24) is 5.16 Å². The SMILES string of the molecule is NS(=O)(=O)c1ccc(-c2c(-c3cc(Br)cc(Br)c3)noc2CO)cc1F. The Morgan fingerprint density at radius 1 is 1.12 bits per heavy atom. The summed E-state index contributed by atoms with van der Waals surface area (Å²) in [7, 11) is -4.18. The molecule has 0 aliphatic rings. The van der Waals surface area contributed by atoms with Crippen molar-refractivity contribution >= 4 is 41.9 Å². The van der Waals surface area contributed by atoms with Gasteiger partial charge in [-0.2, -0.15) is 0 Å². The first-order chi connectivity index (χ1) is 12.2. The van der Waals surface area contributed by atoms with Gasteiger partial charge < -0.3 is 9.63 Å². The molecule has 136 valence electrons. The van der Waals surface area contributed by atoms with Crippen LogP contribution in [0.15, 0.2) is 54.8 Å². The number of hydrogen-bond donors (Lipinski definition) is 2. The number of halogens is 3. The van der Waals surface area contributed by atoms with E-state index in [9.17, 15) is 17.9 Å². The zero-order chi connectivity index (χ0) is 19.1. The molecule has 0 radical (unpaired) electrons. The van der Waals surface area contributed by atoms with Crippen LogP contribution >= 0.6 is 31.9 Å². The number of nitrogens with two attached hydrogens (primary N) is 1. The molecule has 0 saturated heterocycles. The maximum Gasteiger partial charge on any atom is 0.240 e. The third-order valence-corrected chi connectivity index (χ3v) is 5.43. The average Bonchev–Trinajstić information content (AvgIpc) is 2.96. The highest BCUT2D eigenvalue weighted by atomic mass is 79.9. The van der Waals surface area contributed by atoms with E-state index in [1.807, 2.05) is 6.07 Å². The maximum absolute atomic E-state index is 14.2. The van der Waals surface area contributed by atoms with E-state index in [1.165, 1.54) is 6.07 Å². The molecule has 26 heavy (non-hydrogen) atoms. The molecule has 3 aromatic rings. The molecule has 0 spiro atoms.